The van der Waals surface area contributed by atoms with Gasteiger partial charge in [-0.25, -0.2) is 4.98 Å². The van der Waals surface area contributed by atoms with Gasteiger partial charge in [-0.2, -0.15) is 5.26 Å². The third kappa shape index (κ3) is 2.63. The molecule has 3 nitrogen and oxygen atoms in total. The Morgan fingerprint density at radius 1 is 1.22 bits per heavy atom. The van der Waals surface area contributed by atoms with E-state index < -0.39 is 0 Å². The maximum Gasteiger partial charge on any atom is 0.119 e. The van der Waals surface area contributed by atoms with E-state index in [4.69, 9.17) is 10.00 Å². The zero-order chi connectivity index (χ0) is 13.0. The van der Waals surface area contributed by atoms with Crippen LogP contribution in [0.25, 0.3) is 0 Å². The van der Waals surface area contributed by atoms with Gasteiger partial charge in [-0.15, -0.1) is 0 Å². The summed E-state index contributed by atoms with van der Waals surface area (Å²) in [4.78, 5) is 5.29. The smallest absolute Gasteiger partial charge is 0.119 e. The Balaban J connectivity index is 2.28. The number of nitrogens with zero attached hydrogens (tertiary/aromatic N) is 2. The normalized spacial score (nSPS) is 9.83. The molecule has 0 amide bonds. The minimum absolute atomic E-state index is 0.637. The van der Waals surface area contributed by atoms with Crippen molar-refractivity contribution in [3.05, 3.63) is 47.7 Å². The fraction of sp³-hybridized carbons (Fsp3) is 0.143. The molecule has 0 aliphatic carbocycles. The Hall–Kier alpha value is -1.99. The molecule has 1 heterocycles. The van der Waals surface area contributed by atoms with Gasteiger partial charge in [0.15, 0.2) is 0 Å². The minimum atomic E-state index is 0.637. The summed E-state index contributed by atoms with van der Waals surface area (Å²) in [6.07, 6.45) is 1.72. The van der Waals surface area contributed by atoms with Gasteiger partial charge in [0, 0.05) is 11.1 Å². The van der Waals surface area contributed by atoms with E-state index in [1.807, 2.05) is 37.3 Å². The molecule has 18 heavy (non-hydrogen) atoms. The van der Waals surface area contributed by atoms with Crippen LogP contribution < -0.4 is 4.74 Å². The number of hydrogen-bond donors (Lipinski definition) is 0. The van der Waals surface area contributed by atoms with E-state index in [2.05, 4.69) is 11.1 Å². The lowest BCUT2D eigenvalue weighted by atomic mass is 10.2. The molecular weight excluding hydrogens is 244 g/mol. The molecule has 2 aromatic rings. The maximum absolute atomic E-state index is 9.14. The van der Waals surface area contributed by atoms with Crippen LogP contribution in [0.15, 0.2) is 46.5 Å². The van der Waals surface area contributed by atoms with Crippen molar-refractivity contribution < 1.29 is 4.74 Å². The molecule has 1 aromatic heterocycles. The van der Waals surface area contributed by atoms with Crippen LogP contribution in [0, 0.1) is 18.3 Å². The van der Waals surface area contributed by atoms with Gasteiger partial charge in [0.25, 0.3) is 0 Å². The van der Waals surface area contributed by atoms with Crippen molar-refractivity contribution >= 4 is 11.8 Å². The molecule has 0 unspecified atom stereocenters. The largest absolute Gasteiger partial charge is 0.497 e. The number of ether oxygens (including phenoxy) is 1. The zero-order valence-electron chi connectivity index (χ0n) is 10.2. The molecule has 0 atom stereocenters. The maximum atomic E-state index is 9.14. The second-order valence-electron chi connectivity index (χ2n) is 3.70. The molecule has 0 bridgehead atoms. The molecule has 0 saturated heterocycles. The molecular formula is C14H12N2OS. The van der Waals surface area contributed by atoms with E-state index in [1.165, 1.54) is 11.8 Å². The average Bonchev–Trinajstić information content (AvgIpc) is 2.40. The van der Waals surface area contributed by atoms with Crippen molar-refractivity contribution in [2.45, 2.75) is 16.8 Å². The van der Waals surface area contributed by atoms with Crippen LogP contribution >= 0.6 is 11.8 Å². The first kappa shape index (κ1) is 12.5. The monoisotopic (exact) mass is 256 g/mol. The number of methoxy groups -OCH3 is 1. The molecule has 0 saturated carbocycles. The lowest BCUT2D eigenvalue weighted by Crippen LogP contribution is -1.90. The van der Waals surface area contributed by atoms with Crippen molar-refractivity contribution in [2.75, 3.05) is 7.11 Å². The highest BCUT2D eigenvalue weighted by Crippen LogP contribution is 2.30. The second-order valence-corrected chi connectivity index (χ2v) is 4.76. The molecule has 0 spiro atoms. The Morgan fingerprint density at radius 2 is 1.94 bits per heavy atom. The van der Waals surface area contributed by atoms with E-state index in [-0.39, 0.29) is 0 Å². The number of pyridine rings is 1. The van der Waals surface area contributed by atoms with Crippen LogP contribution in [0.5, 0.6) is 5.75 Å². The van der Waals surface area contributed by atoms with Crippen molar-refractivity contribution in [1.29, 1.82) is 5.26 Å². The zero-order valence-corrected chi connectivity index (χ0v) is 11.0. The summed E-state index contributed by atoms with van der Waals surface area (Å²) in [6.45, 7) is 1.91. The number of aryl methyl sites for hydroxylation is 1. The third-order valence-electron chi connectivity index (χ3n) is 2.51. The average molecular weight is 256 g/mol. The van der Waals surface area contributed by atoms with Gasteiger partial charge in [0.2, 0.25) is 0 Å². The Bertz CT molecular complexity index is 588. The molecule has 0 aliphatic rings. The predicted molar refractivity (Wildman–Crippen MR) is 70.8 cm³/mol. The number of aromatic nitrogens is 1. The van der Waals surface area contributed by atoms with Crippen molar-refractivity contribution in [2.24, 2.45) is 0 Å². The predicted octanol–water partition coefficient (Wildman–Crippen LogP) is 3.42. The summed E-state index contributed by atoms with van der Waals surface area (Å²) >= 11 is 1.48. The first-order chi connectivity index (χ1) is 8.74. The van der Waals surface area contributed by atoms with Crippen LogP contribution in [0.3, 0.4) is 0 Å². The topological polar surface area (TPSA) is 45.9 Å². The standard InChI is InChI=1S/C14H12N2OS/c1-10-7-8-16-14(13(10)9-15)18-12-5-3-11(17-2)4-6-12/h3-8H,1-2H3. The highest BCUT2D eigenvalue weighted by molar-refractivity contribution is 7.99. The Morgan fingerprint density at radius 3 is 2.56 bits per heavy atom. The quantitative estimate of drug-likeness (QED) is 0.844. The molecule has 2 rings (SSSR count). The number of nitriles is 1. The van der Waals surface area contributed by atoms with E-state index >= 15 is 0 Å². The molecule has 1 aromatic carbocycles. The first-order valence-electron chi connectivity index (χ1n) is 5.42. The second kappa shape index (κ2) is 5.56. The van der Waals surface area contributed by atoms with E-state index in [9.17, 15) is 0 Å². The van der Waals surface area contributed by atoms with Gasteiger partial charge in [-0.1, -0.05) is 11.8 Å². The van der Waals surface area contributed by atoms with Gasteiger partial charge in [-0.3, -0.25) is 0 Å². The molecule has 0 aliphatic heterocycles. The van der Waals surface area contributed by atoms with E-state index in [1.54, 1.807) is 13.3 Å². The van der Waals surface area contributed by atoms with Crippen molar-refractivity contribution in [1.82, 2.24) is 4.98 Å². The summed E-state index contributed by atoms with van der Waals surface area (Å²) < 4.78 is 5.11. The van der Waals surface area contributed by atoms with Crippen LogP contribution in [0.1, 0.15) is 11.1 Å². The van der Waals surface area contributed by atoms with Crippen LogP contribution in [-0.4, -0.2) is 12.1 Å². The molecule has 90 valence electrons. The van der Waals surface area contributed by atoms with Gasteiger partial charge < -0.3 is 4.74 Å². The SMILES string of the molecule is COc1ccc(Sc2nccc(C)c2C#N)cc1. The summed E-state index contributed by atoms with van der Waals surface area (Å²) in [6, 6.07) is 11.7. The lowest BCUT2D eigenvalue weighted by Gasteiger charge is -2.05. The number of hydrogen-bond acceptors (Lipinski definition) is 4. The van der Waals surface area contributed by atoms with E-state index in [0.717, 1.165) is 21.2 Å². The van der Waals surface area contributed by atoms with Gasteiger partial charge >= 0.3 is 0 Å². The molecule has 4 heteroatoms. The molecule has 0 radical (unpaired) electrons. The third-order valence-corrected chi connectivity index (χ3v) is 3.52. The molecule has 0 fully saturated rings. The van der Waals surface area contributed by atoms with Gasteiger partial charge in [0.05, 0.1) is 12.7 Å². The van der Waals surface area contributed by atoms with Crippen LogP contribution in [0.4, 0.5) is 0 Å². The fourth-order valence-electron chi connectivity index (χ4n) is 1.50. The number of rotatable bonds is 3. The van der Waals surface area contributed by atoms with Gasteiger partial charge in [-0.05, 0) is 42.8 Å². The summed E-state index contributed by atoms with van der Waals surface area (Å²) in [5.41, 5.74) is 1.59. The summed E-state index contributed by atoms with van der Waals surface area (Å²) in [5.74, 6) is 0.817. The highest BCUT2D eigenvalue weighted by atomic mass is 32.2. The molecule has 0 N–H and O–H groups in total. The highest BCUT2D eigenvalue weighted by Gasteiger charge is 2.08. The fourth-order valence-corrected chi connectivity index (χ4v) is 2.42. The Labute approximate surface area is 110 Å². The first-order valence-corrected chi connectivity index (χ1v) is 6.24. The van der Waals surface area contributed by atoms with E-state index in [0.29, 0.717) is 5.56 Å². The van der Waals surface area contributed by atoms with Gasteiger partial charge in [0.1, 0.15) is 16.8 Å². The number of benzene rings is 1. The van der Waals surface area contributed by atoms with Crippen molar-refractivity contribution in [3.63, 3.8) is 0 Å². The minimum Gasteiger partial charge on any atom is -0.497 e. The lowest BCUT2D eigenvalue weighted by molar-refractivity contribution is 0.414. The van der Waals surface area contributed by atoms with Crippen molar-refractivity contribution in [3.8, 4) is 11.8 Å². The summed E-state index contributed by atoms with van der Waals surface area (Å²) in [7, 11) is 1.64. The summed E-state index contributed by atoms with van der Waals surface area (Å²) in [5, 5.41) is 9.87. The van der Waals surface area contributed by atoms with Crippen LogP contribution in [-0.2, 0) is 0 Å². The Kier molecular flexibility index (Phi) is 3.85. The van der Waals surface area contributed by atoms with Crippen LogP contribution in [0.2, 0.25) is 0 Å².